The maximum absolute atomic E-state index is 13.1. The van der Waals surface area contributed by atoms with Crippen molar-refractivity contribution in [1.29, 1.82) is 0 Å². The molecule has 0 unspecified atom stereocenters. The summed E-state index contributed by atoms with van der Waals surface area (Å²) in [6.45, 7) is 0. The number of methoxy groups -OCH3 is 2. The van der Waals surface area contributed by atoms with Gasteiger partial charge in [0.25, 0.3) is 5.91 Å². The number of para-hydroxylation sites is 1. The van der Waals surface area contributed by atoms with E-state index in [1.807, 2.05) is 35.0 Å². The van der Waals surface area contributed by atoms with Crippen LogP contribution in [0.25, 0.3) is 5.69 Å². The summed E-state index contributed by atoms with van der Waals surface area (Å²) in [5.74, 6) is 0.631. The molecule has 1 N–H and O–H groups in total. The third-order valence-corrected chi connectivity index (χ3v) is 5.16. The number of rotatable bonds is 5. The molecule has 2 aromatic carbocycles. The number of amides is 1. The molecule has 1 aliphatic rings. The molecule has 28 heavy (non-hydrogen) atoms. The number of ether oxygens (including phenoxy) is 2. The van der Waals surface area contributed by atoms with Gasteiger partial charge in [0, 0.05) is 23.4 Å². The second-order valence-electron chi connectivity index (χ2n) is 6.52. The van der Waals surface area contributed by atoms with E-state index in [1.54, 1.807) is 12.1 Å². The number of nitrogens with one attached hydrogen (secondary N) is 1. The van der Waals surface area contributed by atoms with E-state index < -0.39 is 0 Å². The average molecular weight is 398 g/mol. The lowest BCUT2D eigenvalue weighted by atomic mass is 10.2. The van der Waals surface area contributed by atoms with Crippen LogP contribution in [-0.4, -0.2) is 29.9 Å². The van der Waals surface area contributed by atoms with E-state index in [-0.39, 0.29) is 5.91 Å². The molecule has 3 aromatic rings. The summed E-state index contributed by atoms with van der Waals surface area (Å²) in [5.41, 5.74) is 3.96. The van der Waals surface area contributed by atoms with Crippen molar-refractivity contribution >= 4 is 23.2 Å². The Bertz CT molecular complexity index is 1030. The highest BCUT2D eigenvalue weighted by Crippen LogP contribution is 2.36. The molecule has 0 saturated heterocycles. The number of carbonyl (C=O) groups excluding carboxylic acids is 1. The maximum atomic E-state index is 13.1. The van der Waals surface area contributed by atoms with Crippen LogP contribution in [0, 0.1) is 0 Å². The first-order chi connectivity index (χ1) is 13.6. The molecule has 1 aliphatic carbocycles. The van der Waals surface area contributed by atoms with Gasteiger partial charge in [-0.15, -0.1) is 0 Å². The monoisotopic (exact) mass is 397 g/mol. The van der Waals surface area contributed by atoms with Crippen molar-refractivity contribution in [2.24, 2.45) is 0 Å². The number of halogens is 1. The predicted octanol–water partition coefficient (Wildman–Crippen LogP) is 4.28. The molecule has 0 aliphatic heterocycles. The van der Waals surface area contributed by atoms with Gasteiger partial charge in [0.2, 0.25) is 0 Å². The fourth-order valence-electron chi connectivity index (χ4n) is 3.54. The number of fused-ring (bicyclic) bond motifs is 1. The molecule has 0 fully saturated rings. The van der Waals surface area contributed by atoms with E-state index in [9.17, 15) is 4.79 Å². The highest BCUT2D eigenvalue weighted by molar-refractivity contribution is 6.32. The Labute approximate surface area is 168 Å². The second kappa shape index (κ2) is 7.56. The van der Waals surface area contributed by atoms with Crippen LogP contribution in [0.4, 0.5) is 5.69 Å². The summed E-state index contributed by atoms with van der Waals surface area (Å²) < 4.78 is 12.5. The third-order valence-electron chi connectivity index (χ3n) is 4.87. The molecule has 1 amide bonds. The van der Waals surface area contributed by atoms with Gasteiger partial charge in [-0.3, -0.25) is 4.79 Å². The third kappa shape index (κ3) is 3.20. The quantitative estimate of drug-likeness (QED) is 0.697. The van der Waals surface area contributed by atoms with Crippen molar-refractivity contribution in [3.05, 3.63) is 64.4 Å². The Morgan fingerprint density at radius 1 is 1.11 bits per heavy atom. The smallest absolute Gasteiger partial charge is 0.276 e. The van der Waals surface area contributed by atoms with E-state index in [0.717, 1.165) is 36.2 Å². The topological polar surface area (TPSA) is 65.4 Å². The molecule has 1 heterocycles. The highest BCUT2D eigenvalue weighted by Gasteiger charge is 2.27. The zero-order valence-corrected chi connectivity index (χ0v) is 16.4. The lowest BCUT2D eigenvalue weighted by Gasteiger charge is -2.13. The van der Waals surface area contributed by atoms with Crippen LogP contribution in [0.1, 0.15) is 28.2 Å². The summed E-state index contributed by atoms with van der Waals surface area (Å²) in [4.78, 5) is 13.1. The van der Waals surface area contributed by atoms with E-state index in [0.29, 0.717) is 27.9 Å². The van der Waals surface area contributed by atoms with Gasteiger partial charge in [-0.25, -0.2) is 4.68 Å². The van der Waals surface area contributed by atoms with Crippen molar-refractivity contribution in [3.8, 4) is 17.2 Å². The number of aromatic nitrogens is 2. The first kappa shape index (κ1) is 18.4. The Morgan fingerprint density at radius 2 is 1.86 bits per heavy atom. The number of benzene rings is 2. The maximum Gasteiger partial charge on any atom is 0.276 e. The van der Waals surface area contributed by atoms with Crippen molar-refractivity contribution in [2.45, 2.75) is 19.3 Å². The van der Waals surface area contributed by atoms with E-state index in [2.05, 4.69) is 10.4 Å². The molecule has 0 radical (unpaired) electrons. The van der Waals surface area contributed by atoms with Gasteiger partial charge in [0.15, 0.2) is 5.69 Å². The van der Waals surface area contributed by atoms with Gasteiger partial charge >= 0.3 is 0 Å². The molecule has 0 bridgehead atoms. The summed E-state index contributed by atoms with van der Waals surface area (Å²) >= 11 is 6.15. The summed E-state index contributed by atoms with van der Waals surface area (Å²) in [6, 6.07) is 13.1. The molecule has 144 valence electrons. The second-order valence-corrected chi connectivity index (χ2v) is 6.92. The van der Waals surface area contributed by atoms with Crippen molar-refractivity contribution in [1.82, 2.24) is 9.78 Å². The van der Waals surface area contributed by atoms with Crippen LogP contribution in [0.15, 0.2) is 42.5 Å². The SMILES string of the molecule is COc1cc(NC(=O)c2nn(-c3ccccc3)c3c2CCC3)c(OC)cc1Cl. The minimum Gasteiger partial charge on any atom is -0.495 e. The number of carbonyl (C=O) groups is 1. The van der Waals surface area contributed by atoms with E-state index >= 15 is 0 Å². The minimum absolute atomic E-state index is 0.282. The van der Waals surface area contributed by atoms with Crippen LogP contribution in [0.3, 0.4) is 0 Å². The minimum atomic E-state index is -0.282. The first-order valence-corrected chi connectivity index (χ1v) is 9.39. The fourth-order valence-corrected chi connectivity index (χ4v) is 3.77. The van der Waals surface area contributed by atoms with E-state index in [4.69, 9.17) is 21.1 Å². The molecule has 0 saturated carbocycles. The fraction of sp³-hybridized carbons (Fsp3) is 0.238. The molecule has 4 rings (SSSR count). The molecule has 0 atom stereocenters. The first-order valence-electron chi connectivity index (χ1n) is 9.01. The average Bonchev–Trinajstić information content (AvgIpc) is 3.32. The van der Waals surface area contributed by atoms with Gasteiger partial charge in [-0.2, -0.15) is 5.10 Å². The van der Waals surface area contributed by atoms with Crippen LogP contribution in [-0.2, 0) is 12.8 Å². The molecule has 7 heteroatoms. The number of hydrogen-bond donors (Lipinski definition) is 1. The Morgan fingerprint density at radius 3 is 2.57 bits per heavy atom. The normalized spacial score (nSPS) is 12.5. The Kier molecular flexibility index (Phi) is 4.96. The van der Waals surface area contributed by atoms with Crippen LogP contribution < -0.4 is 14.8 Å². The lowest BCUT2D eigenvalue weighted by molar-refractivity contribution is 0.102. The van der Waals surface area contributed by atoms with Crippen molar-refractivity contribution in [3.63, 3.8) is 0 Å². The van der Waals surface area contributed by atoms with Gasteiger partial charge in [0.05, 0.1) is 30.6 Å². The molecule has 1 aromatic heterocycles. The zero-order valence-electron chi connectivity index (χ0n) is 15.7. The largest absolute Gasteiger partial charge is 0.495 e. The number of nitrogens with zero attached hydrogens (tertiary/aromatic N) is 2. The molecule has 6 nitrogen and oxygen atoms in total. The van der Waals surface area contributed by atoms with Gasteiger partial charge < -0.3 is 14.8 Å². The predicted molar refractivity (Wildman–Crippen MR) is 108 cm³/mol. The van der Waals surface area contributed by atoms with Crippen LogP contribution >= 0.6 is 11.6 Å². The lowest BCUT2D eigenvalue weighted by Crippen LogP contribution is -2.15. The van der Waals surface area contributed by atoms with Crippen molar-refractivity contribution < 1.29 is 14.3 Å². The van der Waals surface area contributed by atoms with Crippen LogP contribution in [0.2, 0.25) is 5.02 Å². The van der Waals surface area contributed by atoms with Gasteiger partial charge in [-0.1, -0.05) is 29.8 Å². The summed E-state index contributed by atoms with van der Waals surface area (Å²) in [7, 11) is 3.04. The standard InChI is InChI=1S/C21H20ClN3O3/c1-27-18-12-16(19(28-2)11-15(18)22)23-21(26)20-14-9-6-10-17(14)25(24-20)13-7-4-3-5-8-13/h3-5,7-8,11-12H,6,9-10H2,1-2H3,(H,23,26). The highest BCUT2D eigenvalue weighted by atomic mass is 35.5. The number of anilines is 1. The molecular formula is C21H20ClN3O3. The summed E-state index contributed by atoms with van der Waals surface area (Å²) in [6.07, 6.45) is 2.76. The molecular weight excluding hydrogens is 378 g/mol. The van der Waals surface area contributed by atoms with Crippen molar-refractivity contribution in [2.75, 3.05) is 19.5 Å². The van der Waals surface area contributed by atoms with Crippen LogP contribution in [0.5, 0.6) is 11.5 Å². The molecule has 0 spiro atoms. The number of hydrogen-bond acceptors (Lipinski definition) is 4. The Balaban J connectivity index is 1.71. The summed E-state index contributed by atoms with van der Waals surface area (Å²) in [5, 5.41) is 7.92. The van der Waals surface area contributed by atoms with Gasteiger partial charge in [-0.05, 0) is 31.4 Å². The van der Waals surface area contributed by atoms with E-state index in [1.165, 1.54) is 14.2 Å². The Hall–Kier alpha value is -2.99. The van der Waals surface area contributed by atoms with Gasteiger partial charge in [0.1, 0.15) is 11.5 Å². The zero-order chi connectivity index (χ0) is 19.7.